The third-order valence-corrected chi connectivity index (χ3v) is 1.53. The van der Waals surface area contributed by atoms with E-state index in [1.165, 1.54) is 6.07 Å². The molecule has 0 amide bonds. The number of phenols is 1. The SMILES string of the molecule is N#CCc1cc(N)c(N)c(O)c1. The summed E-state index contributed by atoms with van der Waals surface area (Å²) in [7, 11) is 0. The Balaban J connectivity index is 3.14. The minimum atomic E-state index is -0.0692. The van der Waals surface area contributed by atoms with E-state index in [1.54, 1.807) is 6.07 Å². The van der Waals surface area contributed by atoms with Crippen LogP contribution in [-0.2, 0) is 6.42 Å². The largest absolute Gasteiger partial charge is 0.506 e. The fraction of sp³-hybridized carbons (Fsp3) is 0.125. The normalized spacial score (nSPS) is 9.25. The van der Waals surface area contributed by atoms with Crippen LogP contribution in [0.15, 0.2) is 12.1 Å². The van der Waals surface area contributed by atoms with Gasteiger partial charge in [0.25, 0.3) is 0 Å². The summed E-state index contributed by atoms with van der Waals surface area (Å²) in [6, 6.07) is 4.97. The van der Waals surface area contributed by atoms with Gasteiger partial charge in [0.1, 0.15) is 5.75 Å². The van der Waals surface area contributed by atoms with Crippen molar-refractivity contribution in [3.63, 3.8) is 0 Å². The third-order valence-electron chi connectivity index (χ3n) is 1.53. The van der Waals surface area contributed by atoms with Gasteiger partial charge in [-0.3, -0.25) is 0 Å². The van der Waals surface area contributed by atoms with Gasteiger partial charge < -0.3 is 16.6 Å². The minimum absolute atomic E-state index is 0.0692. The average Bonchev–Trinajstić information content (AvgIpc) is 2.01. The first-order valence-electron chi connectivity index (χ1n) is 3.39. The molecule has 0 aliphatic heterocycles. The zero-order chi connectivity index (χ0) is 9.14. The van der Waals surface area contributed by atoms with Crippen LogP contribution in [0.5, 0.6) is 5.75 Å². The second-order valence-electron chi connectivity index (χ2n) is 2.45. The standard InChI is InChI=1S/C8H9N3O/c9-2-1-5-3-6(10)8(11)7(12)4-5/h3-4,12H,1,10-11H2. The number of nitrogen functional groups attached to an aromatic ring is 2. The van der Waals surface area contributed by atoms with E-state index in [-0.39, 0.29) is 17.9 Å². The number of aromatic hydroxyl groups is 1. The lowest BCUT2D eigenvalue weighted by molar-refractivity contribution is 0.477. The molecule has 0 heterocycles. The Morgan fingerprint density at radius 2 is 2.08 bits per heavy atom. The van der Waals surface area contributed by atoms with E-state index < -0.39 is 0 Å². The van der Waals surface area contributed by atoms with Crippen LogP contribution in [0.4, 0.5) is 11.4 Å². The van der Waals surface area contributed by atoms with Gasteiger partial charge in [-0.05, 0) is 17.7 Å². The molecular weight excluding hydrogens is 154 g/mol. The number of rotatable bonds is 1. The number of nitrogens with two attached hydrogens (primary N) is 2. The van der Waals surface area contributed by atoms with Gasteiger partial charge in [0.2, 0.25) is 0 Å². The highest BCUT2D eigenvalue weighted by molar-refractivity contribution is 5.71. The Morgan fingerprint density at radius 1 is 1.42 bits per heavy atom. The number of nitrogens with zero attached hydrogens (tertiary/aromatic N) is 1. The van der Waals surface area contributed by atoms with Gasteiger partial charge in [0.15, 0.2) is 0 Å². The van der Waals surface area contributed by atoms with Crippen LogP contribution in [0.3, 0.4) is 0 Å². The van der Waals surface area contributed by atoms with Crippen molar-refractivity contribution < 1.29 is 5.11 Å². The molecule has 5 N–H and O–H groups in total. The van der Waals surface area contributed by atoms with Crippen molar-refractivity contribution in [2.24, 2.45) is 0 Å². The summed E-state index contributed by atoms with van der Waals surface area (Å²) >= 11 is 0. The van der Waals surface area contributed by atoms with Crippen molar-refractivity contribution in [2.45, 2.75) is 6.42 Å². The molecule has 1 rings (SSSR count). The zero-order valence-electron chi connectivity index (χ0n) is 6.41. The molecule has 1 aromatic carbocycles. The lowest BCUT2D eigenvalue weighted by atomic mass is 10.1. The van der Waals surface area contributed by atoms with Crippen LogP contribution in [0.2, 0.25) is 0 Å². The van der Waals surface area contributed by atoms with Crippen molar-refractivity contribution in [2.75, 3.05) is 11.5 Å². The van der Waals surface area contributed by atoms with Crippen LogP contribution >= 0.6 is 0 Å². The molecule has 62 valence electrons. The van der Waals surface area contributed by atoms with E-state index in [1.807, 2.05) is 6.07 Å². The third kappa shape index (κ3) is 1.40. The van der Waals surface area contributed by atoms with Crippen molar-refractivity contribution in [1.29, 1.82) is 5.26 Å². The predicted octanol–water partition coefficient (Wildman–Crippen LogP) is 0.623. The molecule has 12 heavy (non-hydrogen) atoms. The van der Waals surface area contributed by atoms with E-state index in [2.05, 4.69) is 0 Å². The summed E-state index contributed by atoms with van der Waals surface area (Å²) in [5, 5.41) is 17.6. The van der Waals surface area contributed by atoms with Gasteiger partial charge in [-0.1, -0.05) is 0 Å². The Bertz CT molecular complexity index is 318. The van der Waals surface area contributed by atoms with E-state index in [0.29, 0.717) is 11.3 Å². The summed E-state index contributed by atoms with van der Waals surface area (Å²) in [5.41, 5.74) is 12.0. The van der Waals surface area contributed by atoms with Gasteiger partial charge in [0, 0.05) is 0 Å². The fourth-order valence-corrected chi connectivity index (χ4v) is 0.914. The van der Waals surface area contributed by atoms with Crippen molar-refractivity contribution in [3.8, 4) is 11.8 Å². The van der Waals surface area contributed by atoms with Crippen molar-refractivity contribution >= 4 is 11.4 Å². The maximum absolute atomic E-state index is 9.19. The fourth-order valence-electron chi connectivity index (χ4n) is 0.914. The molecule has 4 heteroatoms. The summed E-state index contributed by atoms with van der Waals surface area (Å²) in [6.45, 7) is 0. The Kier molecular flexibility index (Phi) is 2.06. The van der Waals surface area contributed by atoms with Crippen molar-refractivity contribution in [3.05, 3.63) is 17.7 Å². The van der Waals surface area contributed by atoms with E-state index in [0.717, 1.165) is 0 Å². The first-order valence-corrected chi connectivity index (χ1v) is 3.39. The van der Waals surface area contributed by atoms with E-state index in [4.69, 9.17) is 16.7 Å². The number of hydrogen-bond donors (Lipinski definition) is 3. The molecule has 0 atom stereocenters. The monoisotopic (exact) mass is 163 g/mol. The van der Waals surface area contributed by atoms with E-state index in [9.17, 15) is 5.11 Å². The predicted molar refractivity (Wildman–Crippen MR) is 46.2 cm³/mol. The summed E-state index contributed by atoms with van der Waals surface area (Å²) < 4.78 is 0. The minimum Gasteiger partial charge on any atom is -0.506 e. The second-order valence-corrected chi connectivity index (χ2v) is 2.45. The summed E-state index contributed by atoms with van der Waals surface area (Å²) in [6.07, 6.45) is 0.220. The van der Waals surface area contributed by atoms with Crippen molar-refractivity contribution in [1.82, 2.24) is 0 Å². The maximum atomic E-state index is 9.19. The second kappa shape index (κ2) is 3.01. The van der Waals surface area contributed by atoms with Crippen LogP contribution in [0.25, 0.3) is 0 Å². The maximum Gasteiger partial charge on any atom is 0.140 e. The molecular formula is C8H9N3O. The Hall–Kier alpha value is -1.89. The number of phenolic OH excluding ortho intramolecular Hbond substituents is 1. The molecule has 4 nitrogen and oxygen atoms in total. The zero-order valence-corrected chi connectivity index (χ0v) is 6.41. The smallest absolute Gasteiger partial charge is 0.140 e. The molecule has 0 aromatic heterocycles. The molecule has 0 unspecified atom stereocenters. The first kappa shape index (κ1) is 8.21. The van der Waals surface area contributed by atoms with Crippen LogP contribution in [0.1, 0.15) is 5.56 Å². The molecule has 0 fully saturated rings. The van der Waals surface area contributed by atoms with Crippen LogP contribution in [-0.4, -0.2) is 5.11 Å². The molecule has 0 aliphatic rings. The van der Waals surface area contributed by atoms with Gasteiger partial charge in [-0.2, -0.15) is 5.26 Å². The van der Waals surface area contributed by atoms with E-state index >= 15 is 0 Å². The lowest BCUT2D eigenvalue weighted by Crippen LogP contribution is -1.96. The first-order chi connectivity index (χ1) is 5.65. The number of anilines is 2. The van der Waals surface area contributed by atoms with Gasteiger partial charge in [-0.25, -0.2) is 0 Å². The molecule has 0 spiro atoms. The number of benzene rings is 1. The number of hydrogen-bond acceptors (Lipinski definition) is 4. The molecule has 0 radical (unpaired) electrons. The van der Waals surface area contributed by atoms with Gasteiger partial charge in [0.05, 0.1) is 23.9 Å². The molecule has 1 aromatic rings. The topological polar surface area (TPSA) is 96.1 Å². The lowest BCUT2D eigenvalue weighted by Gasteiger charge is -2.04. The highest BCUT2D eigenvalue weighted by Gasteiger charge is 2.03. The number of nitriles is 1. The highest BCUT2D eigenvalue weighted by atomic mass is 16.3. The molecule has 0 bridgehead atoms. The summed E-state index contributed by atoms with van der Waals surface area (Å²) in [5.74, 6) is -0.0692. The molecule has 0 aliphatic carbocycles. The molecule has 0 saturated heterocycles. The highest BCUT2D eigenvalue weighted by Crippen LogP contribution is 2.27. The summed E-state index contributed by atoms with van der Waals surface area (Å²) in [4.78, 5) is 0. The van der Waals surface area contributed by atoms with Crippen LogP contribution in [0, 0.1) is 11.3 Å². The van der Waals surface area contributed by atoms with Gasteiger partial charge in [-0.15, -0.1) is 0 Å². The Labute approximate surface area is 70.0 Å². The van der Waals surface area contributed by atoms with Crippen LogP contribution < -0.4 is 11.5 Å². The molecule has 0 saturated carbocycles. The average molecular weight is 163 g/mol. The van der Waals surface area contributed by atoms with Gasteiger partial charge >= 0.3 is 0 Å². The quantitative estimate of drug-likeness (QED) is 0.417. The Morgan fingerprint density at radius 3 is 2.58 bits per heavy atom.